The number of Topliss-reactive ketones (excluding diaryl/α,β-unsaturated/α-hetero) is 1. The van der Waals surface area contributed by atoms with Crippen LogP contribution in [0.4, 0.5) is 0 Å². The Morgan fingerprint density at radius 3 is 2.32 bits per heavy atom. The van der Waals surface area contributed by atoms with Gasteiger partial charge in [-0.2, -0.15) is 5.26 Å². The predicted octanol–water partition coefficient (Wildman–Crippen LogP) is 3.77. The average molecular weight is 412 g/mol. The van der Waals surface area contributed by atoms with E-state index in [0.29, 0.717) is 29.7 Å². The summed E-state index contributed by atoms with van der Waals surface area (Å²) in [6, 6.07) is 20.4. The van der Waals surface area contributed by atoms with E-state index < -0.39 is 5.92 Å². The number of carbonyl (C=O) groups is 2. The Hall–Kier alpha value is -3.85. The normalized spacial score (nSPS) is 20.2. The standard InChI is InChI=1S/C25H24N4O2/c1-25(2)13-19-22(20(30)14-25)21(16-9-5-3-6-10-16)18(15-26)23(27)29(19)28-24(31)17-11-7-4-8-12-17/h3-12,21H,13-14,27H2,1-2H3,(H,28,31). The largest absolute Gasteiger partial charge is 0.383 e. The maximum absolute atomic E-state index is 13.3. The van der Waals surface area contributed by atoms with Crippen molar-refractivity contribution in [3.63, 3.8) is 0 Å². The van der Waals surface area contributed by atoms with E-state index in [1.165, 1.54) is 5.01 Å². The zero-order valence-corrected chi connectivity index (χ0v) is 17.6. The van der Waals surface area contributed by atoms with Crippen molar-refractivity contribution in [3.05, 3.63) is 94.5 Å². The first kappa shape index (κ1) is 20.4. The maximum Gasteiger partial charge on any atom is 0.270 e. The fraction of sp³-hybridized carbons (Fsp3) is 0.240. The van der Waals surface area contributed by atoms with E-state index in [1.54, 1.807) is 24.3 Å². The lowest BCUT2D eigenvalue weighted by molar-refractivity contribution is -0.118. The maximum atomic E-state index is 13.3. The van der Waals surface area contributed by atoms with Gasteiger partial charge in [-0.25, -0.2) is 5.01 Å². The van der Waals surface area contributed by atoms with E-state index >= 15 is 0 Å². The van der Waals surface area contributed by atoms with Crippen molar-refractivity contribution in [2.24, 2.45) is 11.1 Å². The zero-order valence-electron chi connectivity index (χ0n) is 17.6. The Morgan fingerprint density at radius 2 is 1.71 bits per heavy atom. The van der Waals surface area contributed by atoms with Crippen molar-refractivity contribution in [2.75, 3.05) is 0 Å². The molecular weight excluding hydrogens is 388 g/mol. The Kier molecular flexibility index (Phi) is 5.12. The highest BCUT2D eigenvalue weighted by atomic mass is 16.2. The fourth-order valence-corrected chi connectivity index (χ4v) is 4.37. The molecule has 1 atom stereocenters. The summed E-state index contributed by atoms with van der Waals surface area (Å²) >= 11 is 0. The van der Waals surface area contributed by atoms with Gasteiger partial charge in [0.15, 0.2) is 5.78 Å². The van der Waals surface area contributed by atoms with Crippen LogP contribution in [0.1, 0.15) is 48.5 Å². The smallest absolute Gasteiger partial charge is 0.270 e. The molecule has 1 aliphatic heterocycles. The van der Waals surface area contributed by atoms with Gasteiger partial charge in [-0.05, 0) is 29.5 Å². The predicted molar refractivity (Wildman–Crippen MR) is 117 cm³/mol. The molecule has 2 aliphatic rings. The van der Waals surface area contributed by atoms with Crippen molar-refractivity contribution in [1.82, 2.24) is 10.4 Å². The van der Waals surface area contributed by atoms with E-state index in [2.05, 4.69) is 11.5 Å². The van der Waals surface area contributed by atoms with Gasteiger partial charge < -0.3 is 5.73 Å². The van der Waals surface area contributed by atoms with Crippen molar-refractivity contribution in [2.45, 2.75) is 32.6 Å². The average Bonchev–Trinajstić information content (AvgIpc) is 2.75. The molecule has 4 rings (SSSR count). The van der Waals surface area contributed by atoms with Crippen LogP contribution in [0.15, 0.2) is 83.3 Å². The minimum Gasteiger partial charge on any atom is -0.383 e. The third-order valence-corrected chi connectivity index (χ3v) is 5.76. The number of nitrogens with one attached hydrogen (secondary N) is 1. The number of hydrogen-bond acceptors (Lipinski definition) is 5. The molecule has 6 nitrogen and oxygen atoms in total. The van der Waals surface area contributed by atoms with E-state index in [4.69, 9.17) is 5.73 Å². The van der Waals surface area contributed by atoms with E-state index in [9.17, 15) is 14.9 Å². The zero-order chi connectivity index (χ0) is 22.2. The number of benzene rings is 2. The summed E-state index contributed by atoms with van der Waals surface area (Å²) in [5.74, 6) is -0.791. The third-order valence-electron chi connectivity index (χ3n) is 5.76. The first-order chi connectivity index (χ1) is 14.8. The molecule has 0 spiro atoms. The number of nitrogens with two attached hydrogens (primary N) is 1. The van der Waals surface area contributed by atoms with Crippen molar-refractivity contribution in [3.8, 4) is 6.07 Å². The van der Waals surface area contributed by atoms with Crippen LogP contribution in [0.2, 0.25) is 0 Å². The Balaban J connectivity index is 1.86. The number of amides is 1. The van der Waals surface area contributed by atoms with Gasteiger partial charge >= 0.3 is 0 Å². The molecule has 0 saturated carbocycles. The highest BCUT2D eigenvalue weighted by Crippen LogP contribution is 2.48. The molecule has 1 amide bonds. The number of hydrogen-bond donors (Lipinski definition) is 2. The van der Waals surface area contributed by atoms with Crippen LogP contribution < -0.4 is 11.2 Å². The molecule has 1 unspecified atom stereocenters. The lowest BCUT2D eigenvalue weighted by Gasteiger charge is -2.43. The van der Waals surface area contributed by atoms with Crippen LogP contribution in [0, 0.1) is 16.7 Å². The molecule has 1 heterocycles. The second kappa shape index (κ2) is 7.77. The second-order valence-electron chi connectivity index (χ2n) is 8.70. The summed E-state index contributed by atoms with van der Waals surface area (Å²) in [5.41, 5.74) is 11.7. The van der Waals surface area contributed by atoms with Gasteiger partial charge in [0.05, 0.1) is 23.3 Å². The van der Waals surface area contributed by atoms with Gasteiger partial charge in [0.2, 0.25) is 0 Å². The third kappa shape index (κ3) is 3.71. The topological polar surface area (TPSA) is 99.2 Å². The molecule has 0 aromatic heterocycles. The first-order valence-corrected chi connectivity index (χ1v) is 10.2. The summed E-state index contributed by atoms with van der Waals surface area (Å²) in [6.07, 6.45) is 0.917. The Labute approximate surface area is 181 Å². The number of hydrazine groups is 1. The molecule has 3 N–H and O–H groups in total. The fourth-order valence-electron chi connectivity index (χ4n) is 4.37. The number of nitrogens with zero attached hydrogens (tertiary/aromatic N) is 2. The van der Waals surface area contributed by atoms with Gasteiger partial charge in [-0.1, -0.05) is 62.4 Å². The summed E-state index contributed by atoms with van der Waals surface area (Å²) in [4.78, 5) is 26.2. The molecule has 0 radical (unpaired) electrons. The molecule has 1 aliphatic carbocycles. The summed E-state index contributed by atoms with van der Waals surface area (Å²) < 4.78 is 0. The molecule has 0 fully saturated rings. The van der Waals surface area contributed by atoms with Gasteiger partial charge in [0, 0.05) is 17.6 Å². The monoisotopic (exact) mass is 412 g/mol. The molecule has 0 bridgehead atoms. The Bertz CT molecular complexity index is 1140. The molecule has 2 aromatic carbocycles. The first-order valence-electron chi connectivity index (χ1n) is 10.2. The van der Waals surface area contributed by atoms with Crippen LogP contribution in [0.25, 0.3) is 0 Å². The second-order valence-corrected chi connectivity index (χ2v) is 8.70. The number of rotatable bonds is 3. The van der Waals surface area contributed by atoms with Gasteiger partial charge in [0.1, 0.15) is 5.82 Å². The molecule has 31 heavy (non-hydrogen) atoms. The molecule has 2 aromatic rings. The van der Waals surface area contributed by atoms with Crippen LogP contribution >= 0.6 is 0 Å². The molecule has 156 valence electrons. The van der Waals surface area contributed by atoms with Crippen molar-refractivity contribution in [1.29, 1.82) is 5.26 Å². The van der Waals surface area contributed by atoms with Gasteiger partial charge in [-0.3, -0.25) is 15.0 Å². The summed E-state index contributed by atoms with van der Waals surface area (Å²) in [6.45, 7) is 4.03. The van der Waals surface area contributed by atoms with E-state index in [-0.39, 0.29) is 28.5 Å². The van der Waals surface area contributed by atoms with Crippen LogP contribution in [-0.4, -0.2) is 16.7 Å². The van der Waals surface area contributed by atoms with Crippen molar-refractivity contribution >= 4 is 11.7 Å². The number of carbonyl (C=O) groups excluding carboxylic acids is 2. The quantitative estimate of drug-likeness (QED) is 0.800. The van der Waals surface area contributed by atoms with Crippen LogP contribution in [0.5, 0.6) is 0 Å². The minimum absolute atomic E-state index is 0.0284. The van der Waals surface area contributed by atoms with E-state index in [1.807, 2.05) is 50.2 Å². The highest BCUT2D eigenvalue weighted by molar-refractivity contribution is 6.00. The van der Waals surface area contributed by atoms with Crippen molar-refractivity contribution < 1.29 is 9.59 Å². The number of ketones is 1. The highest BCUT2D eigenvalue weighted by Gasteiger charge is 2.44. The minimum atomic E-state index is -0.547. The van der Waals surface area contributed by atoms with Crippen LogP contribution in [-0.2, 0) is 4.79 Å². The van der Waals surface area contributed by atoms with E-state index in [0.717, 1.165) is 5.56 Å². The molecular formula is C25H24N4O2. The SMILES string of the molecule is CC1(C)CC(=O)C2=C(C1)N(NC(=O)c1ccccc1)C(N)=C(C#N)C2c1ccccc1. The Morgan fingerprint density at radius 1 is 1.10 bits per heavy atom. The van der Waals surface area contributed by atoms with Crippen LogP contribution in [0.3, 0.4) is 0 Å². The van der Waals surface area contributed by atoms with Gasteiger partial charge in [-0.15, -0.1) is 0 Å². The summed E-state index contributed by atoms with van der Waals surface area (Å²) in [7, 11) is 0. The molecule has 6 heteroatoms. The number of nitriles is 1. The molecule has 0 saturated heterocycles. The lowest BCUT2D eigenvalue weighted by atomic mass is 9.69. The lowest BCUT2D eigenvalue weighted by Crippen LogP contribution is -2.49. The number of allylic oxidation sites excluding steroid dienone is 3. The summed E-state index contributed by atoms with van der Waals surface area (Å²) in [5, 5.41) is 11.4. The van der Waals surface area contributed by atoms with Gasteiger partial charge in [0.25, 0.3) is 5.91 Å².